The van der Waals surface area contributed by atoms with Gasteiger partial charge in [-0.15, -0.1) is 0 Å². The first-order valence-electron chi connectivity index (χ1n) is 8.52. The number of halogens is 3. The molecule has 154 valence electrons. The second-order valence-electron chi connectivity index (χ2n) is 6.03. The molecule has 0 aliphatic carbocycles. The molecule has 4 aromatic heterocycles. The second kappa shape index (κ2) is 8.97. The third kappa shape index (κ3) is 4.97. The molecule has 0 amide bonds. The van der Waals surface area contributed by atoms with Crippen LogP contribution >= 0.6 is 11.3 Å². The summed E-state index contributed by atoms with van der Waals surface area (Å²) in [6, 6.07) is 7.42. The Kier molecular flexibility index (Phi) is 6.38. The summed E-state index contributed by atoms with van der Waals surface area (Å²) in [4.78, 5) is 22.5. The van der Waals surface area contributed by atoms with Crippen molar-refractivity contribution < 1.29 is 23.1 Å². The molecule has 30 heavy (non-hydrogen) atoms. The molecule has 0 aliphatic rings. The van der Waals surface area contributed by atoms with Gasteiger partial charge in [-0.2, -0.15) is 24.5 Å². The number of pyridine rings is 3. The molecule has 0 aromatic carbocycles. The molecule has 0 aliphatic heterocycles. The van der Waals surface area contributed by atoms with Crippen LogP contribution in [-0.4, -0.2) is 26.0 Å². The summed E-state index contributed by atoms with van der Waals surface area (Å²) in [5, 5.41) is 13.8. The minimum absolute atomic E-state index is 0.0465. The van der Waals surface area contributed by atoms with Crippen molar-refractivity contribution in [3.8, 4) is 11.1 Å². The fraction of sp³-hybridized carbons (Fsp3) is 0.100. The van der Waals surface area contributed by atoms with Gasteiger partial charge in [0.1, 0.15) is 11.4 Å². The second-order valence-corrected chi connectivity index (χ2v) is 6.81. The van der Waals surface area contributed by atoms with E-state index in [-0.39, 0.29) is 12.2 Å². The molecule has 0 radical (unpaired) electrons. The molecule has 10 heteroatoms. The van der Waals surface area contributed by atoms with Crippen LogP contribution in [0.5, 0.6) is 0 Å². The van der Waals surface area contributed by atoms with Crippen molar-refractivity contribution in [1.82, 2.24) is 15.0 Å². The van der Waals surface area contributed by atoms with E-state index in [2.05, 4.69) is 15.0 Å². The molecule has 0 saturated heterocycles. The van der Waals surface area contributed by atoms with Gasteiger partial charge in [-0.25, -0.2) is 9.78 Å². The Bertz CT molecular complexity index is 1150. The van der Waals surface area contributed by atoms with E-state index in [1.54, 1.807) is 29.8 Å². The number of fused-ring (bicyclic) bond motifs is 1. The zero-order valence-electron chi connectivity index (χ0n) is 15.3. The summed E-state index contributed by atoms with van der Waals surface area (Å²) < 4.78 is 35.8. The fourth-order valence-electron chi connectivity index (χ4n) is 2.50. The summed E-state index contributed by atoms with van der Waals surface area (Å²) >= 11 is 1.58. The van der Waals surface area contributed by atoms with Crippen molar-refractivity contribution in [2.24, 2.45) is 5.73 Å². The molecule has 4 rings (SSSR count). The molecule has 0 fully saturated rings. The van der Waals surface area contributed by atoms with Gasteiger partial charge in [-0.3, -0.25) is 9.97 Å². The van der Waals surface area contributed by atoms with Crippen LogP contribution in [0.15, 0.2) is 59.7 Å². The summed E-state index contributed by atoms with van der Waals surface area (Å²) in [5.41, 5.74) is 7.47. The normalized spacial score (nSPS) is 11.1. The Morgan fingerprint density at radius 3 is 2.47 bits per heavy atom. The van der Waals surface area contributed by atoms with Crippen molar-refractivity contribution >= 4 is 28.2 Å². The van der Waals surface area contributed by atoms with Crippen LogP contribution in [0.3, 0.4) is 0 Å². The predicted octanol–water partition coefficient (Wildman–Crippen LogP) is 4.62. The van der Waals surface area contributed by atoms with Crippen LogP contribution in [-0.2, 0) is 12.7 Å². The molecule has 0 spiro atoms. The fourth-order valence-corrected chi connectivity index (χ4v) is 3.16. The highest BCUT2D eigenvalue weighted by Gasteiger charge is 2.31. The minimum Gasteiger partial charge on any atom is -0.477 e. The van der Waals surface area contributed by atoms with Crippen LogP contribution in [0.1, 0.15) is 21.7 Å². The number of carboxylic acids is 1. The van der Waals surface area contributed by atoms with E-state index in [9.17, 15) is 18.0 Å². The maximum absolute atomic E-state index is 11.9. The molecule has 0 atom stereocenters. The van der Waals surface area contributed by atoms with Gasteiger partial charge in [-0.05, 0) is 46.2 Å². The van der Waals surface area contributed by atoms with Crippen LogP contribution in [0.25, 0.3) is 22.0 Å². The standard InChI is InChI=1S/C13H8N2O2S.C7H7F3N2/c16-13(17)11-2-1-8-5-14-6-10(12(8)15-11)9-3-4-18-7-9;8-7(9,10)6-2-1-5(3-11)4-12-6/h1-7H,(H,16,17);1-2,4H,3,11H2. The number of thiophene rings is 1. The average Bonchev–Trinajstić information content (AvgIpc) is 3.27. The number of carbonyl (C=O) groups is 1. The summed E-state index contributed by atoms with van der Waals surface area (Å²) in [6.07, 6.45) is 0.156. The third-order valence-corrected chi connectivity index (χ3v) is 4.68. The lowest BCUT2D eigenvalue weighted by molar-refractivity contribution is -0.141. The lowest BCUT2D eigenvalue weighted by Gasteiger charge is -2.04. The highest BCUT2D eigenvalue weighted by Crippen LogP contribution is 2.28. The third-order valence-electron chi connectivity index (χ3n) is 4.00. The number of aromatic nitrogens is 3. The number of hydrogen-bond donors (Lipinski definition) is 2. The lowest BCUT2D eigenvalue weighted by atomic mass is 10.1. The minimum atomic E-state index is -4.37. The number of carboxylic acid groups (broad SMARTS) is 1. The van der Waals surface area contributed by atoms with E-state index >= 15 is 0 Å². The Morgan fingerprint density at radius 1 is 1.10 bits per heavy atom. The quantitative estimate of drug-likeness (QED) is 0.490. The van der Waals surface area contributed by atoms with Crippen molar-refractivity contribution in [2.45, 2.75) is 12.7 Å². The average molecular weight is 432 g/mol. The molecule has 0 bridgehead atoms. The first kappa shape index (κ1) is 21.3. The molecular weight excluding hydrogens is 417 g/mol. The SMILES string of the molecule is NCc1ccc(C(F)(F)F)nc1.O=C(O)c1ccc2cncc(-c3ccsc3)c2n1. The summed E-state index contributed by atoms with van der Waals surface area (Å²) in [6.45, 7) is 0.200. The van der Waals surface area contributed by atoms with Crippen molar-refractivity contribution in [2.75, 3.05) is 0 Å². The van der Waals surface area contributed by atoms with E-state index in [1.807, 2.05) is 16.8 Å². The van der Waals surface area contributed by atoms with Gasteiger partial charge >= 0.3 is 12.1 Å². The van der Waals surface area contributed by atoms with E-state index in [4.69, 9.17) is 10.8 Å². The zero-order valence-corrected chi connectivity index (χ0v) is 16.1. The first-order valence-corrected chi connectivity index (χ1v) is 9.46. The van der Waals surface area contributed by atoms with Crippen LogP contribution < -0.4 is 5.73 Å². The molecule has 4 aromatic rings. The van der Waals surface area contributed by atoms with Gasteiger partial charge in [0.05, 0.1) is 5.52 Å². The number of aromatic carboxylic acids is 1. The monoisotopic (exact) mass is 432 g/mol. The maximum Gasteiger partial charge on any atom is 0.433 e. The summed E-state index contributed by atoms with van der Waals surface area (Å²) in [7, 11) is 0. The number of alkyl halides is 3. The van der Waals surface area contributed by atoms with Gasteiger partial charge < -0.3 is 10.8 Å². The lowest BCUT2D eigenvalue weighted by Crippen LogP contribution is -2.08. The smallest absolute Gasteiger partial charge is 0.433 e. The zero-order chi connectivity index (χ0) is 21.7. The molecule has 3 N–H and O–H groups in total. The molecule has 4 heterocycles. The Labute approximate surface area is 172 Å². The molecule has 0 saturated carbocycles. The van der Waals surface area contributed by atoms with Gasteiger partial charge in [0.2, 0.25) is 0 Å². The molecule has 6 nitrogen and oxygen atoms in total. The number of nitrogens with zero attached hydrogens (tertiary/aromatic N) is 3. The highest BCUT2D eigenvalue weighted by atomic mass is 32.1. The van der Waals surface area contributed by atoms with Crippen LogP contribution in [0, 0.1) is 0 Å². The van der Waals surface area contributed by atoms with Crippen molar-refractivity contribution in [3.63, 3.8) is 0 Å². The van der Waals surface area contributed by atoms with E-state index in [0.29, 0.717) is 11.1 Å². The summed E-state index contributed by atoms with van der Waals surface area (Å²) in [5.74, 6) is -1.02. The van der Waals surface area contributed by atoms with E-state index in [0.717, 1.165) is 28.8 Å². The predicted molar refractivity (Wildman–Crippen MR) is 107 cm³/mol. The van der Waals surface area contributed by atoms with Crippen LogP contribution in [0.4, 0.5) is 13.2 Å². The Hall–Kier alpha value is -3.37. The topological polar surface area (TPSA) is 102 Å². The van der Waals surface area contributed by atoms with Crippen molar-refractivity contribution in [3.05, 3.63) is 76.6 Å². The van der Waals surface area contributed by atoms with Gasteiger partial charge in [-0.1, -0.05) is 6.07 Å². The molecule has 0 unspecified atom stereocenters. The van der Waals surface area contributed by atoms with Gasteiger partial charge in [0.25, 0.3) is 0 Å². The first-order chi connectivity index (χ1) is 14.3. The highest BCUT2D eigenvalue weighted by molar-refractivity contribution is 7.08. The molecular formula is C20H15F3N4O2S. The number of rotatable bonds is 3. The van der Waals surface area contributed by atoms with E-state index in [1.165, 1.54) is 12.1 Å². The van der Waals surface area contributed by atoms with Gasteiger partial charge in [0, 0.05) is 36.1 Å². The number of nitrogens with two attached hydrogens (primary N) is 1. The Morgan fingerprint density at radius 2 is 1.90 bits per heavy atom. The largest absolute Gasteiger partial charge is 0.477 e. The van der Waals surface area contributed by atoms with Crippen LogP contribution in [0.2, 0.25) is 0 Å². The Balaban J connectivity index is 0.000000187. The maximum atomic E-state index is 11.9. The van der Waals surface area contributed by atoms with Crippen molar-refractivity contribution in [1.29, 1.82) is 0 Å². The van der Waals surface area contributed by atoms with Gasteiger partial charge in [0.15, 0.2) is 0 Å². The number of hydrogen-bond acceptors (Lipinski definition) is 6. The van der Waals surface area contributed by atoms with E-state index < -0.39 is 17.8 Å².